The van der Waals surface area contributed by atoms with Crippen molar-refractivity contribution < 1.29 is 181 Å². The molecule has 3 aromatic rings. The SMILES string of the molecule is CCC[C@]1(O)[C@H](O[C@H]2CC[C@@H](O[C@@H]3CC[C@](O)(C(C)=O)[C@@H](C)O3)[C@@H](C)O2)[C@@H](O)[C@H](O[C@@H]2C[C@@H](O)[C@H](O)[C@H](C)O2)[C@H]2Cc3cc4c(OC)c(OC)c(C5=C(OC)C(=O)c6c(O)c7c(c(O)c6C5=O)C(=O)[C@]5(O)[C@H]6[C@@H](O[C@H]8C[C@@H](O)[C@H](O)[C@H](C)O8)[C@H](O)[C@@H](O[C@H]8CC[C@@H](O[C@H]9CC[C@](O)(C(C)=O)[C@H](C)O9)[C@H](C)O8)[C@@]5(CCC)O[C@H]76)c(O)c4c(O)c3C(=O)[C@@]21O. The van der Waals surface area contributed by atoms with E-state index in [9.17, 15) is 86.2 Å². The first-order valence-corrected chi connectivity index (χ1v) is 42.0. The second kappa shape index (κ2) is 32.9. The van der Waals surface area contributed by atoms with Crippen LogP contribution in [0, 0.1) is 11.8 Å². The van der Waals surface area contributed by atoms with Crippen molar-refractivity contribution in [2.24, 2.45) is 11.8 Å². The van der Waals surface area contributed by atoms with Crippen LogP contribution in [0.25, 0.3) is 16.3 Å². The third-order valence-corrected chi connectivity index (χ3v) is 28.3. The summed E-state index contributed by atoms with van der Waals surface area (Å²) >= 11 is 0. The number of hydrogen-bond donors (Lipinski definition) is 15. The van der Waals surface area contributed by atoms with E-state index in [2.05, 4.69) is 0 Å². The number of fused-ring (bicyclic) bond motifs is 6. The number of phenols is 4. The summed E-state index contributed by atoms with van der Waals surface area (Å²) in [4.78, 5) is 89.5. The highest BCUT2D eigenvalue weighted by molar-refractivity contribution is 6.43. The molecular formula is C85H112O37. The van der Waals surface area contributed by atoms with Crippen molar-refractivity contribution in [2.45, 2.75) is 353 Å². The van der Waals surface area contributed by atoms with Crippen molar-refractivity contribution in [3.05, 3.63) is 50.8 Å². The zero-order chi connectivity index (χ0) is 88.5. The highest BCUT2D eigenvalue weighted by Gasteiger charge is 2.82. The second-order valence-electron chi connectivity index (χ2n) is 35.1. The maximum atomic E-state index is 16.4. The minimum atomic E-state index is -3.21. The number of aromatic hydroxyl groups is 4. The Labute approximate surface area is 700 Å². The molecular weight excluding hydrogens is 1610 g/mol. The maximum Gasteiger partial charge on any atom is 0.232 e. The van der Waals surface area contributed by atoms with Crippen LogP contribution in [0.5, 0.6) is 34.5 Å². The highest BCUT2D eigenvalue weighted by Crippen LogP contribution is 2.69. The number of ketones is 6. The number of carbonyl (C=O) groups is 6. The molecule has 37 heteroatoms. The van der Waals surface area contributed by atoms with Crippen LogP contribution in [0.1, 0.15) is 223 Å². The fourth-order valence-electron chi connectivity index (χ4n) is 21.7. The number of benzene rings is 3. The van der Waals surface area contributed by atoms with E-state index in [1.165, 1.54) is 33.8 Å². The number of aliphatic hydroxyl groups is 11. The summed E-state index contributed by atoms with van der Waals surface area (Å²) in [6.45, 7) is 15.1. The predicted octanol–water partition coefficient (Wildman–Crippen LogP) is 2.40. The lowest BCUT2D eigenvalue weighted by Crippen LogP contribution is -2.80. The molecule has 37 nitrogen and oxygen atoms in total. The topological polar surface area (TPSA) is 554 Å². The van der Waals surface area contributed by atoms with Gasteiger partial charge in [-0.15, -0.1) is 0 Å². The van der Waals surface area contributed by atoms with E-state index in [0.29, 0.717) is 0 Å². The van der Waals surface area contributed by atoms with Crippen LogP contribution >= 0.6 is 0 Å². The lowest BCUT2D eigenvalue weighted by Gasteiger charge is -2.60. The molecule has 0 spiro atoms. The van der Waals surface area contributed by atoms with E-state index in [1.54, 1.807) is 41.5 Å². The van der Waals surface area contributed by atoms with Gasteiger partial charge < -0.3 is 152 Å². The van der Waals surface area contributed by atoms with Crippen molar-refractivity contribution in [2.75, 3.05) is 21.3 Å². The summed E-state index contributed by atoms with van der Waals surface area (Å²) in [7, 11) is 3.09. The Morgan fingerprint density at radius 1 is 0.484 bits per heavy atom. The molecule has 4 bridgehead atoms. The van der Waals surface area contributed by atoms with Gasteiger partial charge in [0.2, 0.25) is 23.1 Å². The summed E-state index contributed by atoms with van der Waals surface area (Å²) in [6, 6.07) is 1.25. The molecule has 122 heavy (non-hydrogen) atoms. The lowest BCUT2D eigenvalue weighted by atomic mass is 9.53. The molecule has 15 N–H and O–H groups in total. The predicted molar refractivity (Wildman–Crippen MR) is 412 cm³/mol. The van der Waals surface area contributed by atoms with Crippen LogP contribution in [-0.2, 0) is 82.3 Å². The molecule has 7 heterocycles. The summed E-state index contributed by atoms with van der Waals surface area (Å²) in [5, 5.41) is 185. The van der Waals surface area contributed by atoms with E-state index < -0.39 is 344 Å². The molecule has 3 aromatic carbocycles. The molecule has 7 saturated heterocycles. The van der Waals surface area contributed by atoms with Gasteiger partial charge in [-0.25, -0.2) is 0 Å². The van der Waals surface area contributed by atoms with E-state index in [1.807, 2.05) is 0 Å². The number of ether oxygens (including phenoxy) is 16. The van der Waals surface area contributed by atoms with Gasteiger partial charge in [-0.3, -0.25) is 28.8 Å². The molecule has 15 rings (SSSR count). The van der Waals surface area contributed by atoms with Gasteiger partial charge in [0.15, 0.2) is 77.8 Å². The van der Waals surface area contributed by atoms with Crippen LogP contribution in [0.15, 0.2) is 11.8 Å². The van der Waals surface area contributed by atoms with E-state index in [0.717, 1.165) is 21.3 Å². The second-order valence-corrected chi connectivity index (χ2v) is 35.1. The molecule has 7 aliphatic heterocycles. The van der Waals surface area contributed by atoms with Gasteiger partial charge in [-0.05, 0) is 112 Å². The average molecular weight is 1730 g/mol. The standard InChI is InChI=1S/C85H112O37/c1-14-22-82(104)78(120-45-18-16-43(30(3)110-45)116-47-20-24-80(102,34(7)86)36(9)114-47)68(98)71(118-49-28-41(88)60(90)32(5)112-49)40-27-38-26-39-52(62(92)51(38)76(100)84(40,82)105)63(93)56(74(109-13)70(39)107-11)55-64(94)53-54(67(97)73(55)108-12)65(95)57-58(66(53)96)77(101)85(106)59-72(57)122-83(85,23-15-2)79(69(99)75(59)119-50-29-42(89)61(91)33(6)113-50)121-46-19-17-44(31(4)111-46)117-48-21-25-81(103,35(8)87)37(10)115-48/h26,30-33,36-37,40-50,59-61,68-69,71-72,75,78-79,88-93,95-96,98-99,102-106H,14-25,27-29H2,1-13H3/t30-,31+,32+,33+,36-,37+,40-,41-,42-,43-,44-,45+,46+,47-,48+,49-,50+,59-,60-,61-,68+,69+,71-,72-,75-,78-,79-,80+,81+,82+,83-,84+,85-/m1/s1. The first kappa shape index (κ1) is 90.1. The normalized spacial score (nSPS) is 43.2. The number of carbonyl (C=O) groups excluding carboxylic acids is 6. The number of aliphatic hydroxyl groups excluding tert-OH is 6. The van der Waals surface area contributed by atoms with E-state index in [-0.39, 0.29) is 81.6 Å². The Morgan fingerprint density at radius 3 is 1.44 bits per heavy atom. The minimum absolute atomic E-state index is 0.0101. The largest absolute Gasteiger partial charge is 0.507 e. The third-order valence-electron chi connectivity index (χ3n) is 28.3. The van der Waals surface area contributed by atoms with Gasteiger partial charge in [0.1, 0.15) is 82.0 Å². The number of allylic oxidation sites excluding steroid dienone is 2. The van der Waals surface area contributed by atoms with Crippen molar-refractivity contribution in [3.8, 4) is 34.5 Å². The first-order valence-electron chi connectivity index (χ1n) is 42.0. The Morgan fingerprint density at radius 2 is 0.959 bits per heavy atom. The molecule has 0 aromatic heterocycles. The summed E-state index contributed by atoms with van der Waals surface area (Å²) in [6.07, 6.45) is -35.1. The van der Waals surface area contributed by atoms with Crippen LogP contribution < -0.4 is 9.47 Å². The van der Waals surface area contributed by atoms with Gasteiger partial charge in [-0.2, -0.15) is 0 Å². The molecule has 0 unspecified atom stereocenters. The lowest BCUT2D eigenvalue weighted by molar-refractivity contribution is -0.358. The monoisotopic (exact) mass is 1720 g/mol. The van der Waals surface area contributed by atoms with Gasteiger partial charge in [0.25, 0.3) is 0 Å². The molecule has 0 radical (unpaired) electrons. The fourth-order valence-corrected chi connectivity index (χ4v) is 21.7. The number of Topliss-reactive ketones (excluding diaryl/α,β-unsaturated/α-hetero) is 6. The fraction of sp³-hybridized carbons (Fsp3) is 0.718. The van der Waals surface area contributed by atoms with Crippen molar-refractivity contribution >= 4 is 51.0 Å². The zero-order valence-electron chi connectivity index (χ0n) is 70.0. The third kappa shape index (κ3) is 13.6. The van der Waals surface area contributed by atoms with Gasteiger partial charge in [0, 0.05) is 55.4 Å². The van der Waals surface area contributed by atoms with Gasteiger partial charge in [0.05, 0.1) is 145 Å². The number of hydrogen-bond acceptors (Lipinski definition) is 37. The Hall–Kier alpha value is -6.68. The average Bonchev–Trinajstić information content (AvgIpc) is 1.52. The van der Waals surface area contributed by atoms with Crippen molar-refractivity contribution in [1.29, 1.82) is 0 Å². The molecule has 9 fully saturated rings. The Kier molecular flexibility index (Phi) is 24.3. The summed E-state index contributed by atoms with van der Waals surface area (Å²) < 4.78 is 101. The highest BCUT2D eigenvalue weighted by atomic mass is 16.8. The minimum Gasteiger partial charge on any atom is -0.507 e. The number of methoxy groups -OCH3 is 3. The molecule has 33 atom stereocenters. The summed E-state index contributed by atoms with van der Waals surface area (Å²) in [5.41, 5.74) is -21.6. The van der Waals surface area contributed by atoms with E-state index in [4.69, 9.17) is 75.8 Å². The molecule has 674 valence electrons. The molecule has 0 amide bonds. The van der Waals surface area contributed by atoms with Gasteiger partial charge >= 0.3 is 0 Å². The van der Waals surface area contributed by atoms with Crippen LogP contribution in [0.4, 0.5) is 0 Å². The Balaban J connectivity index is 0.798. The van der Waals surface area contributed by atoms with Crippen LogP contribution in [0.3, 0.4) is 0 Å². The van der Waals surface area contributed by atoms with Crippen molar-refractivity contribution in [3.63, 3.8) is 0 Å². The maximum absolute atomic E-state index is 16.4. The molecule has 2 saturated carbocycles. The van der Waals surface area contributed by atoms with Crippen LogP contribution in [0.2, 0.25) is 0 Å². The number of rotatable bonds is 22. The molecule has 5 aliphatic carbocycles. The molecule has 12 aliphatic rings. The Bertz CT molecular complexity index is 4640. The smallest absolute Gasteiger partial charge is 0.232 e. The van der Waals surface area contributed by atoms with Gasteiger partial charge in [-0.1, -0.05) is 26.7 Å². The van der Waals surface area contributed by atoms with E-state index >= 15 is 19.2 Å². The van der Waals surface area contributed by atoms with Crippen LogP contribution in [-0.4, -0.2) is 314 Å². The zero-order valence-corrected chi connectivity index (χ0v) is 70.0. The quantitative estimate of drug-likeness (QED) is 0.0642. The van der Waals surface area contributed by atoms with Crippen molar-refractivity contribution in [1.82, 2.24) is 0 Å². The summed E-state index contributed by atoms with van der Waals surface area (Å²) in [5.74, 6) is -17.3. The first-order chi connectivity index (χ1) is 57.5. The number of phenolic OH excluding ortho intramolecular Hbond substituents is 4.